The summed E-state index contributed by atoms with van der Waals surface area (Å²) < 4.78 is 0. The third-order valence-electron chi connectivity index (χ3n) is 6.73. The van der Waals surface area contributed by atoms with Crippen LogP contribution in [0.25, 0.3) is 10.8 Å². The average Bonchev–Trinajstić information content (AvgIpc) is 2.91. The third kappa shape index (κ3) is 9.24. The van der Waals surface area contributed by atoms with Gasteiger partial charge in [-0.2, -0.15) is 0 Å². The highest BCUT2D eigenvalue weighted by molar-refractivity contribution is 6.43. The van der Waals surface area contributed by atoms with Crippen LogP contribution in [-0.4, -0.2) is 56.7 Å². The average molecular weight is 546 g/mol. The van der Waals surface area contributed by atoms with Gasteiger partial charge in [-0.3, -0.25) is 19.4 Å². The molecule has 40 heavy (non-hydrogen) atoms. The number of benzene rings is 2. The topological polar surface area (TPSA) is 142 Å². The molecule has 1 heterocycles. The van der Waals surface area contributed by atoms with E-state index >= 15 is 0 Å². The molecule has 0 bridgehead atoms. The summed E-state index contributed by atoms with van der Waals surface area (Å²) in [6, 6.07) is 12.9. The highest BCUT2D eigenvalue weighted by Crippen LogP contribution is 2.21. The molecule has 9 nitrogen and oxygen atoms in total. The second-order valence-corrected chi connectivity index (χ2v) is 11.2. The Bertz CT molecular complexity index is 1290. The SMILES string of the molecule is CC(C)C[C@H](CC(=O)[C@H](Cc1ccc2ccccc2c1)NC(=O)c1cnccn1)C(=O)N[C@@H](CC(C)C)B(O)O. The van der Waals surface area contributed by atoms with Crippen LogP contribution in [0.5, 0.6) is 0 Å². The van der Waals surface area contributed by atoms with E-state index in [1.165, 1.54) is 18.6 Å². The molecule has 0 aliphatic carbocycles. The van der Waals surface area contributed by atoms with Crippen molar-refractivity contribution in [1.82, 2.24) is 20.6 Å². The van der Waals surface area contributed by atoms with E-state index in [9.17, 15) is 24.4 Å². The van der Waals surface area contributed by atoms with Crippen LogP contribution in [-0.2, 0) is 16.0 Å². The van der Waals surface area contributed by atoms with E-state index in [2.05, 4.69) is 20.6 Å². The fourth-order valence-corrected chi connectivity index (χ4v) is 4.80. The van der Waals surface area contributed by atoms with Crippen LogP contribution in [0.15, 0.2) is 61.1 Å². The van der Waals surface area contributed by atoms with Crippen molar-refractivity contribution in [3.8, 4) is 0 Å². The molecule has 3 atom stereocenters. The molecule has 0 aliphatic rings. The van der Waals surface area contributed by atoms with Crippen molar-refractivity contribution >= 4 is 35.5 Å². The van der Waals surface area contributed by atoms with E-state index in [0.717, 1.165) is 16.3 Å². The van der Waals surface area contributed by atoms with Crippen LogP contribution in [0.1, 0.15) is 63.0 Å². The summed E-state index contributed by atoms with van der Waals surface area (Å²) >= 11 is 0. The van der Waals surface area contributed by atoms with Crippen molar-refractivity contribution in [2.24, 2.45) is 17.8 Å². The van der Waals surface area contributed by atoms with E-state index in [4.69, 9.17) is 0 Å². The maximum Gasteiger partial charge on any atom is 0.475 e. The zero-order valence-electron chi connectivity index (χ0n) is 23.6. The van der Waals surface area contributed by atoms with Crippen molar-refractivity contribution in [3.05, 3.63) is 72.3 Å². The van der Waals surface area contributed by atoms with Gasteiger partial charge in [0.05, 0.1) is 18.2 Å². The molecule has 10 heteroatoms. The van der Waals surface area contributed by atoms with Gasteiger partial charge < -0.3 is 20.7 Å². The first-order chi connectivity index (χ1) is 19.0. The van der Waals surface area contributed by atoms with Gasteiger partial charge in [0.1, 0.15) is 5.69 Å². The summed E-state index contributed by atoms with van der Waals surface area (Å²) in [7, 11) is -1.71. The van der Waals surface area contributed by atoms with Gasteiger partial charge in [0.25, 0.3) is 5.91 Å². The largest absolute Gasteiger partial charge is 0.475 e. The Hall–Kier alpha value is -3.63. The molecule has 3 aromatic rings. The van der Waals surface area contributed by atoms with Crippen LogP contribution >= 0.6 is 0 Å². The number of hydrogen-bond donors (Lipinski definition) is 4. The predicted molar refractivity (Wildman–Crippen MR) is 155 cm³/mol. The predicted octanol–water partition coefficient (Wildman–Crippen LogP) is 3.14. The summed E-state index contributed by atoms with van der Waals surface area (Å²) in [4.78, 5) is 48.0. The van der Waals surface area contributed by atoms with Crippen molar-refractivity contribution in [2.45, 2.75) is 65.4 Å². The molecule has 212 valence electrons. The summed E-state index contributed by atoms with van der Waals surface area (Å²) in [5, 5.41) is 27.2. The van der Waals surface area contributed by atoms with Gasteiger partial charge in [-0.05, 0) is 47.4 Å². The minimum Gasteiger partial charge on any atom is -0.426 e. The molecule has 0 aliphatic heterocycles. The normalized spacial score (nSPS) is 13.6. The van der Waals surface area contributed by atoms with Gasteiger partial charge >= 0.3 is 7.12 Å². The quantitative estimate of drug-likeness (QED) is 0.228. The Morgan fingerprint density at radius 3 is 2.23 bits per heavy atom. The lowest BCUT2D eigenvalue weighted by atomic mass is 9.74. The lowest BCUT2D eigenvalue weighted by molar-refractivity contribution is -0.131. The van der Waals surface area contributed by atoms with Crippen LogP contribution < -0.4 is 10.6 Å². The Kier molecular flexibility index (Phi) is 11.3. The van der Waals surface area contributed by atoms with Gasteiger partial charge in [-0.15, -0.1) is 0 Å². The van der Waals surface area contributed by atoms with Crippen LogP contribution in [0.3, 0.4) is 0 Å². The highest BCUT2D eigenvalue weighted by Gasteiger charge is 2.32. The summed E-state index contributed by atoms with van der Waals surface area (Å²) in [6.45, 7) is 7.76. The number of hydrogen-bond acceptors (Lipinski definition) is 7. The monoisotopic (exact) mass is 546 g/mol. The Morgan fingerprint density at radius 2 is 1.60 bits per heavy atom. The first-order valence-corrected chi connectivity index (χ1v) is 13.8. The van der Waals surface area contributed by atoms with Crippen molar-refractivity contribution < 1.29 is 24.4 Å². The molecular formula is C30H39BN4O5. The maximum atomic E-state index is 13.7. The molecule has 4 N–H and O–H groups in total. The number of nitrogens with one attached hydrogen (secondary N) is 2. The molecule has 3 rings (SSSR count). The van der Waals surface area contributed by atoms with Gasteiger partial charge in [-0.1, -0.05) is 70.2 Å². The van der Waals surface area contributed by atoms with Crippen molar-refractivity contribution in [1.29, 1.82) is 0 Å². The molecule has 0 unspecified atom stereocenters. The van der Waals surface area contributed by atoms with Gasteiger partial charge in [0.15, 0.2) is 5.78 Å². The number of fused-ring (bicyclic) bond motifs is 1. The molecule has 1 aromatic heterocycles. The molecule has 2 aromatic carbocycles. The highest BCUT2D eigenvalue weighted by atomic mass is 16.4. The molecule has 0 fully saturated rings. The minimum atomic E-state index is -1.71. The number of carbonyl (C=O) groups excluding carboxylic acids is 3. The lowest BCUT2D eigenvalue weighted by Crippen LogP contribution is -2.50. The standard InChI is InChI=1S/C30H39BN4O5/c1-19(2)13-24(29(37)35-28(31(39)40)14-20(3)4)17-27(36)25(34-30(38)26-18-32-11-12-33-26)16-21-9-10-22-7-5-6-8-23(22)15-21/h5-12,15,18-20,24-25,28,39-40H,13-14,16-17H2,1-4H3,(H,34,38)(H,35,37)/t24-,25+,28+/m1/s1. The Labute approximate surface area is 236 Å². The Balaban J connectivity index is 1.84. The molecule has 0 saturated heterocycles. The van der Waals surface area contributed by atoms with E-state index < -0.39 is 36.8 Å². The molecular weight excluding hydrogens is 507 g/mol. The number of aromatic nitrogens is 2. The fraction of sp³-hybridized carbons (Fsp3) is 0.433. The number of ketones is 1. The number of nitrogens with zero attached hydrogens (tertiary/aromatic N) is 2. The van der Waals surface area contributed by atoms with Crippen molar-refractivity contribution in [3.63, 3.8) is 0 Å². The summed E-state index contributed by atoms with van der Waals surface area (Å²) in [5.41, 5.74) is 0.950. The molecule has 0 spiro atoms. The minimum absolute atomic E-state index is 0.0868. The smallest absolute Gasteiger partial charge is 0.426 e. The molecule has 0 saturated carbocycles. The van der Waals surface area contributed by atoms with Crippen LogP contribution in [0, 0.1) is 17.8 Å². The number of amides is 2. The zero-order valence-corrected chi connectivity index (χ0v) is 23.6. The van der Waals surface area contributed by atoms with Crippen LogP contribution in [0.2, 0.25) is 0 Å². The van der Waals surface area contributed by atoms with Gasteiger partial charge in [0, 0.05) is 24.7 Å². The second kappa shape index (κ2) is 14.7. The third-order valence-corrected chi connectivity index (χ3v) is 6.73. The fourth-order valence-electron chi connectivity index (χ4n) is 4.80. The lowest BCUT2D eigenvalue weighted by Gasteiger charge is -2.25. The van der Waals surface area contributed by atoms with E-state index in [-0.39, 0.29) is 36.2 Å². The van der Waals surface area contributed by atoms with E-state index in [0.29, 0.717) is 12.8 Å². The summed E-state index contributed by atoms with van der Waals surface area (Å²) in [6.07, 6.45) is 5.12. The van der Waals surface area contributed by atoms with E-state index in [1.54, 1.807) is 0 Å². The number of carbonyl (C=O) groups is 3. The van der Waals surface area contributed by atoms with Crippen LogP contribution in [0.4, 0.5) is 0 Å². The number of rotatable bonds is 14. The van der Waals surface area contributed by atoms with Gasteiger partial charge in [-0.25, -0.2) is 4.98 Å². The number of Topliss-reactive ketones (excluding diaryl/α,β-unsaturated/α-hetero) is 1. The van der Waals surface area contributed by atoms with E-state index in [1.807, 2.05) is 70.2 Å². The first kappa shape index (κ1) is 30.9. The Morgan fingerprint density at radius 1 is 0.900 bits per heavy atom. The molecule has 0 radical (unpaired) electrons. The van der Waals surface area contributed by atoms with Gasteiger partial charge in [0.2, 0.25) is 5.91 Å². The maximum absolute atomic E-state index is 13.7. The second-order valence-electron chi connectivity index (χ2n) is 11.2. The molecule has 2 amide bonds. The van der Waals surface area contributed by atoms with Crippen molar-refractivity contribution in [2.75, 3.05) is 0 Å². The first-order valence-electron chi connectivity index (χ1n) is 13.8. The zero-order chi connectivity index (χ0) is 29.2. The summed E-state index contributed by atoms with van der Waals surface area (Å²) in [5.74, 6) is -2.55.